The largest absolute Gasteiger partial charge is 0.466 e. The minimum Gasteiger partial charge on any atom is -0.466 e. The van der Waals surface area contributed by atoms with E-state index in [1.54, 1.807) is 6.08 Å². The second-order valence-corrected chi connectivity index (χ2v) is 19.3. The van der Waals surface area contributed by atoms with Gasteiger partial charge in [-0.1, -0.05) is 263 Å². The van der Waals surface area contributed by atoms with Gasteiger partial charge in [-0.05, 0) is 51.4 Å². The monoisotopic (exact) mass is 888 g/mol. The van der Waals surface area contributed by atoms with Crippen LogP contribution in [0.3, 0.4) is 0 Å². The van der Waals surface area contributed by atoms with Crippen LogP contribution < -0.4 is 5.32 Å². The fraction of sp³-hybridized carbons (Fsp3) is 0.895. The zero-order valence-electron chi connectivity index (χ0n) is 42.3. The lowest BCUT2D eigenvalue weighted by atomic mass is 10.0. The van der Waals surface area contributed by atoms with Gasteiger partial charge in [0.2, 0.25) is 5.91 Å². The summed E-state index contributed by atoms with van der Waals surface area (Å²) in [7, 11) is 0. The number of carbonyl (C=O) groups excluding carboxylic acids is 2. The molecule has 372 valence electrons. The first kappa shape index (κ1) is 61.3. The van der Waals surface area contributed by atoms with Crippen LogP contribution in [0.2, 0.25) is 0 Å². The van der Waals surface area contributed by atoms with Crippen LogP contribution in [0.5, 0.6) is 0 Å². The van der Waals surface area contributed by atoms with E-state index < -0.39 is 12.1 Å². The summed E-state index contributed by atoms with van der Waals surface area (Å²) in [6, 6.07) is -0.665. The standard InChI is InChI=1S/C57H109NO5/c1-3-5-7-9-11-13-15-17-19-21-22-23-24-25-26-28-30-33-37-41-45-49-55(60)54(53-59)58-56(61)50-46-42-38-34-32-36-40-44-48-52-63-57(62)51-47-43-39-35-31-29-27-20-18-16-14-12-10-8-6-4-2/h34,38,45,49,54-55,59-60H,3-33,35-37,39-44,46-48,50-53H2,1-2H3,(H,58,61)/b38-34-,49-45+. The van der Waals surface area contributed by atoms with Crippen molar-refractivity contribution in [3.8, 4) is 0 Å². The van der Waals surface area contributed by atoms with E-state index in [2.05, 4.69) is 31.3 Å². The average molecular weight is 889 g/mol. The Morgan fingerprint density at radius 3 is 1.16 bits per heavy atom. The quantitative estimate of drug-likeness (QED) is 0.0321. The van der Waals surface area contributed by atoms with E-state index in [1.165, 1.54) is 205 Å². The number of hydrogen-bond acceptors (Lipinski definition) is 5. The third kappa shape index (κ3) is 49.6. The van der Waals surface area contributed by atoms with E-state index in [-0.39, 0.29) is 18.5 Å². The molecule has 2 atom stereocenters. The van der Waals surface area contributed by atoms with Crippen LogP contribution in [0.1, 0.15) is 303 Å². The van der Waals surface area contributed by atoms with Gasteiger partial charge >= 0.3 is 5.97 Å². The molecule has 0 aromatic rings. The number of aliphatic hydroxyl groups excluding tert-OH is 2. The van der Waals surface area contributed by atoms with E-state index in [0.717, 1.165) is 70.6 Å². The van der Waals surface area contributed by atoms with Gasteiger partial charge in [0.25, 0.3) is 0 Å². The number of unbranched alkanes of at least 4 members (excludes halogenated alkanes) is 39. The first-order valence-electron chi connectivity index (χ1n) is 28.1. The van der Waals surface area contributed by atoms with Crippen LogP contribution in [-0.4, -0.2) is 47.4 Å². The zero-order valence-corrected chi connectivity index (χ0v) is 42.3. The second kappa shape index (κ2) is 53.0. The van der Waals surface area contributed by atoms with Crippen molar-refractivity contribution in [1.29, 1.82) is 0 Å². The number of ether oxygens (including phenoxy) is 1. The maximum Gasteiger partial charge on any atom is 0.305 e. The van der Waals surface area contributed by atoms with E-state index in [0.29, 0.717) is 19.4 Å². The fourth-order valence-electron chi connectivity index (χ4n) is 8.64. The lowest BCUT2D eigenvalue weighted by Crippen LogP contribution is -2.45. The van der Waals surface area contributed by atoms with Gasteiger partial charge in [-0.3, -0.25) is 9.59 Å². The van der Waals surface area contributed by atoms with E-state index >= 15 is 0 Å². The highest BCUT2D eigenvalue weighted by molar-refractivity contribution is 5.76. The lowest BCUT2D eigenvalue weighted by molar-refractivity contribution is -0.143. The molecule has 6 nitrogen and oxygen atoms in total. The molecule has 6 heteroatoms. The summed E-state index contributed by atoms with van der Waals surface area (Å²) in [5, 5.41) is 23.1. The topological polar surface area (TPSA) is 95.9 Å². The molecule has 1 amide bonds. The molecule has 0 saturated heterocycles. The maximum absolute atomic E-state index is 12.4. The normalized spacial score (nSPS) is 12.8. The molecule has 0 aliphatic rings. The summed E-state index contributed by atoms with van der Waals surface area (Å²) in [6.45, 7) is 4.83. The molecule has 0 aromatic heterocycles. The van der Waals surface area contributed by atoms with Crippen molar-refractivity contribution < 1.29 is 24.5 Å². The Kier molecular flexibility index (Phi) is 51.6. The van der Waals surface area contributed by atoms with Crippen LogP contribution in [0.4, 0.5) is 0 Å². The minimum absolute atomic E-state index is 0.0341. The predicted octanol–water partition coefficient (Wildman–Crippen LogP) is 17.1. The summed E-state index contributed by atoms with van der Waals surface area (Å²) < 4.78 is 5.45. The van der Waals surface area contributed by atoms with Crippen LogP contribution in [0, 0.1) is 0 Å². The van der Waals surface area contributed by atoms with Crippen molar-refractivity contribution in [2.45, 2.75) is 315 Å². The summed E-state index contributed by atoms with van der Waals surface area (Å²) in [5.74, 6) is -0.160. The van der Waals surface area contributed by atoms with Gasteiger partial charge in [-0.2, -0.15) is 0 Å². The van der Waals surface area contributed by atoms with Gasteiger partial charge < -0.3 is 20.3 Å². The first-order chi connectivity index (χ1) is 31.0. The van der Waals surface area contributed by atoms with Gasteiger partial charge in [-0.25, -0.2) is 0 Å². The van der Waals surface area contributed by atoms with Crippen molar-refractivity contribution >= 4 is 11.9 Å². The lowest BCUT2D eigenvalue weighted by Gasteiger charge is -2.19. The van der Waals surface area contributed by atoms with Crippen LogP contribution in [-0.2, 0) is 14.3 Å². The number of esters is 1. The van der Waals surface area contributed by atoms with Crippen LogP contribution >= 0.6 is 0 Å². The van der Waals surface area contributed by atoms with E-state index in [1.807, 2.05) is 6.08 Å². The average Bonchev–Trinajstić information content (AvgIpc) is 3.28. The van der Waals surface area contributed by atoms with Gasteiger partial charge in [0.05, 0.1) is 25.4 Å². The highest BCUT2D eigenvalue weighted by Crippen LogP contribution is 2.17. The summed E-state index contributed by atoms with van der Waals surface area (Å²) >= 11 is 0. The van der Waals surface area contributed by atoms with Crippen molar-refractivity contribution in [3.63, 3.8) is 0 Å². The van der Waals surface area contributed by atoms with E-state index in [4.69, 9.17) is 4.74 Å². The molecule has 0 saturated carbocycles. The molecule has 0 spiro atoms. The third-order valence-electron chi connectivity index (χ3n) is 13.0. The van der Waals surface area contributed by atoms with Gasteiger partial charge in [0, 0.05) is 12.8 Å². The van der Waals surface area contributed by atoms with Crippen molar-refractivity contribution in [2.24, 2.45) is 0 Å². The Labute approximate surface area is 392 Å². The highest BCUT2D eigenvalue weighted by Gasteiger charge is 2.18. The predicted molar refractivity (Wildman–Crippen MR) is 273 cm³/mol. The zero-order chi connectivity index (χ0) is 45.8. The second-order valence-electron chi connectivity index (χ2n) is 19.3. The number of allylic oxidation sites excluding steroid dienone is 3. The Hall–Kier alpha value is -1.66. The molecule has 3 N–H and O–H groups in total. The SMILES string of the molecule is CCCCCCCCCCCCCCCCCCCCC/C=C/C(O)C(CO)NC(=O)CCC/C=C\CCCCCCOC(=O)CCCCCCCCCCCCCCCCCC. The Balaban J connectivity index is 3.55. The van der Waals surface area contributed by atoms with Crippen molar-refractivity contribution in [3.05, 3.63) is 24.3 Å². The smallest absolute Gasteiger partial charge is 0.305 e. The third-order valence-corrected chi connectivity index (χ3v) is 13.0. The molecule has 0 radical (unpaired) electrons. The van der Waals surface area contributed by atoms with Crippen LogP contribution in [0.15, 0.2) is 24.3 Å². The summed E-state index contributed by atoms with van der Waals surface area (Å²) in [6.07, 6.45) is 63.4. The van der Waals surface area contributed by atoms with Crippen molar-refractivity contribution in [2.75, 3.05) is 13.2 Å². The molecule has 2 unspecified atom stereocenters. The van der Waals surface area contributed by atoms with Crippen molar-refractivity contribution in [1.82, 2.24) is 5.32 Å². The molecular formula is C57H109NO5. The number of carbonyl (C=O) groups is 2. The Morgan fingerprint density at radius 1 is 0.429 bits per heavy atom. The molecule has 0 rings (SSSR count). The molecule has 0 fully saturated rings. The molecule has 0 aliphatic heterocycles. The number of nitrogens with one attached hydrogen (secondary N) is 1. The van der Waals surface area contributed by atoms with Gasteiger partial charge in [-0.15, -0.1) is 0 Å². The first-order valence-corrected chi connectivity index (χ1v) is 28.1. The summed E-state index contributed by atoms with van der Waals surface area (Å²) in [5.41, 5.74) is 0. The molecule has 63 heavy (non-hydrogen) atoms. The number of amides is 1. The molecule has 0 heterocycles. The fourth-order valence-corrected chi connectivity index (χ4v) is 8.64. The number of hydrogen-bond donors (Lipinski definition) is 3. The van der Waals surface area contributed by atoms with Gasteiger partial charge in [0.15, 0.2) is 0 Å². The van der Waals surface area contributed by atoms with E-state index in [9.17, 15) is 19.8 Å². The van der Waals surface area contributed by atoms with Gasteiger partial charge in [0.1, 0.15) is 0 Å². The molecule has 0 bridgehead atoms. The minimum atomic E-state index is -0.875. The number of rotatable bonds is 52. The Bertz CT molecular complexity index is 982. The molecule has 0 aliphatic carbocycles. The highest BCUT2D eigenvalue weighted by atomic mass is 16.5. The summed E-state index contributed by atoms with van der Waals surface area (Å²) in [4.78, 5) is 24.5. The number of aliphatic hydroxyl groups is 2. The Morgan fingerprint density at radius 2 is 0.762 bits per heavy atom. The molecular weight excluding hydrogens is 779 g/mol. The van der Waals surface area contributed by atoms with Crippen LogP contribution in [0.25, 0.3) is 0 Å². The maximum atomic E-state index is 12.4. The molecule has 0 aromatic carbocycles.